The average Bonchev–Trinajstić information content (AvgIpc) is 2.83. The van der Waals surface area contributed by atoms with Gasteiger partial charge in [-0.3, -0.25) is 9.59 Å². The van der Waals surface area contributed by atoms with Gasteiger partial charge in [-0.2, -0.15) is 9.78 Å². The Balaban J connectivity index is 1.44. The number of nitrogens with one attached hydrogen (secondary N) is 1. The molecule has 6 heteroatoms. The summed E-state index contributed by atoms with van der Waals surface area (Å²) >= 11 is 0. The van der Waals surface area contributed by atoms with E-state index in [2.05, 4.69) is 10.4 Å². The molecule has 1 N–H and O–H groups in total. The Morgan fingerprint density at radius 1 is 0.968 bits per heavy atom. The maximum atomic E-state index is 13.1. The third-order valence-electron chi connectivity index (χ3n) is 5.53. The number of para-hydroxylation sites is 2. The Morgan fingerprint density at radius 2 is 1.68 bits per heavy atom. The van der Waals surface area contributed by atoms with E-state index in [0.717, 1.165) is 17.7 Å². The van der Waals surface area contributed by atoms with Gasteiger partial charge < -0.3 is 10.1 Å². The summed E-state index contributed by atoms with van der Waals surface area (Å²) < 4.78 is 7.11. The molecule has 1 aliphatic heterocycles. The van der Waals surface area contributed by atoms with Crippen LogP contribution in [0.5, 0.6) is 5.75 Å². The van der Waals surface area contributed by atoms with Gasteiger partial charge in [0, 0.05) is 17.8 Å². The molecule has 1 unspecified atom stereocenters. The van der Waals surface area contributed by atoms with Crippen LogP contribution in [0.4, 0.5) is 0 Å². The Kier molecular flexibility index (Phi) is 4.96. The molecule has 0 saturated carbocycles. The quantitative estimate of drug-likeness (QED) is 0.559. The van der Waals surface area contributed by atoms with Crippen molar-refractivity contribution < 1.29 is 9.53 Å². The maximum Gasteiger partial charge on any atom is 0.279 e. The lowest BCUT2D eigenvalue weighted by Crippen LogP contribution is -2.36. The molecule has 1 aromatic heterocycles. The fourth-order valence-electron chi connectivity index (χ4n) is 3.94. The van der Waals surface area contributed by atoms with E-state index in [9.17, 15) is 9.59 Å². The molecule has 1 amide bonds. The van der Waals surface area contributed by atoms with Crippen LogP contribution in [0.1, 0.15) is 16.1 Å². The monoisotopic (exact) mass is 411 g/mol. The van der Waals surface area contributed by atoms with Gasteiger partial charge in [-0.1, -0.05) is 54.6 Å². The number of aromatic nitrogens is 2. The Labute approximate surface area is 179 Å². The fraction of sp³-hybridized carbons (Fsp3) is 0.160. The minimum Gasteiger partial charge on any atom is -0.493 e. The van der Waals surface area contributed by atoms with Crippen LogP contribution in [-0.4, -0.2) is 28.8 Å². The number of hydrogen-bond acceptors (Lipinski definition) is 4. The summed E-state index contributed by atoms with van der Waals surface area (Å²) in [6, 6.07) is 24.2. The summed E-state index contributed by atoms with van der Waals surface area (Å²) in [7, 11) is 0. The number of benzene rings is 3. The zero-order valence-corrected chi connectivity index (χ0v) is 16.8. The van der Waals surface area contributed by atoms with Gasteiger partial charge in [-0.05, 0) is 36.2 Å². The third kappa shape index (κ3) is 3.68. The molecule has 0 saturated heterocycles. The molecule has 5 rings (SSSR count). The first-order chi connectivity index (χ1) is 15.2. The van der Waals surface area contributed by atoms with Gasteiger partial charge in [0.2, 0.25) is 0 Å². The van der Waals surface area contributed by atoms with Crippen molar-refractivity contribution in [2.75, 3.05) is 13.2 Å². The summed E-state index contributed by atoms with van der Waals surface area (Å²) in [4.78, 5) is 26.1. The second kappa shape index (κ2) is 8.07. The van der Waals surface area contributed by atoms with Gasteiger partial charge in [-0.15, -0.1) is 0 Å². The molecule has 6 nitrogen and oxygen atoms in total. The maximum absolute atomic E-state index is 13.1. The number of carbonyl (C=O) groups is 1. The normalized spacial score (nSPS) is 15.2. The van der Waals surface area contributed by atoms with Crippen molar-refractivity contribution in [3.8, 4) is 11.4 Å². The molecular weight excluding hydrogens is 390 g/mol. The van der Waals surface area contributed by atoms with E-state index in [0.29, 0.717) is 29.6 Å². The second-order valence-corrected chi connectivity index (χ2v) is 7.65. The van der Waals surface area contributed by atoms with Crippen LogP contribution in [-0.2, 0) is 6.42 Å². The highest BCUT2D eigenvalue weighted by atomic mass is 16.5. The number of amides is 1. The van der Waals surface area contributed by atoms with Crippen LogP contribution in [0, 0.1) is 5.92 Å². The highest BCUT2D eigenvalue weighted by Crippen LogP contribution is 2.26. The van der Waals surface area contributed by atoms with Crippen LogP contribution in [0.3, 0.4) is 0 Å². The summed E-state index contributed by atoms with van der Waals surface area (Å²) in [5.74, 6) is 0.776. The van der Waals surface area contributed by atoms with Crippen molar-refractivity contribution in [3.05, 3.63) is 100 Å². The average molecular weight is 411 g/mol. The highest BCUT2D eigenvalue weighted by Gasteiger charge is 2.22. The molecule has 0 fully saturated rings. The van der Waals surface area contributed by atoms with E-state index in [-0.39, 0.29) is 23.1 Å². The zero-order chi connectivity index (χ0) is 21.2. The molecule has 154 valence electrons. The molecule has 1 aliphatic rings. The Bertz CT molecular complexity index is 1310. The van der Waals surface area contributed by atoms with Crippen molar-refractivity contribution in [2.45, 2.75) is 6.42 Å². The number of nitrogens with zero attached hydrogens (tertiary/aromatic N) is 2. The topological polar surface area (TPSA) is 73.2 Å². The number of hydrogen-bond donors (Lipinski definition) is 1. The van der Waals surface area contributed by atoms with Crippen molar-refractivity contribution >= 4 is 16.7 Å². The minimum atomic E-state index is -0.306. The van der Waals surface area contributed by atoms with Crippen molar-refractivity contribution in [2.24, 2.45) is 5.92 Å². The largest absolute Gasteiger partial charge is 0.493 e. The van der Waals surface area contributed by atoms with E-state index in [4.69, 9.17) is 4.74 Å². The number of ether oxygens (including phenoxy) is 1. The standard InChI is InChI=1S/C25H21N3O3/c29-24(26-15-17-14-18-8-4-7-13-22(18)31-16-17)23-20-11-5-6-12-21(20)25(30)28(27-23)19-9-2-1-3-10-19/h1-13,17H,14-16H2,(H,26,29). The molecule has 0 radical (unpaired) electrons. The fourth-order valence-corrected chi connectivity index (χ4v) is 3.94. The van der Waals surface area contributed by atoms with Crippen LogP contribution < -0.4 is 15.6 Å². The van der Waals surface area contributed by atoms with Gasteiger partial charge >= 0.3 is 0 Å². The molecule has 3 aromatic carbocycles. The van der Waals surface area contributed by atoms with E-state index in [1.54, 1.807) is 36.4 Å². The third-order valence-corrected chi connectivity index (χ3v) is 5.53. The van der Waals surface area contributed by atoms with Gasteiger partial charge in [0.25, 0.3) is 11.5 Å². The lowest BCUT2D eigenvalue weighted by molar-refractivity contribution is 0.0934. The predicted molar refractivity (Wildman–Crippen MR) is 119 cm³/mol. The lowest BCUT2D eigenvalue weighted by Gasteiger charge is -2.25. The van der Waals surface area contributed by atoms with Crippen molar-refractivity contribution in [1.29, 1.82) is 0 Å². The Morgan fingerprint density at radius 3 is 2.52 bits per heavy atom. The SMILES string of the molecule is O=C(NCC1COc2ccccc2C1)c1nn(-c2ccccc2)c(=O)c2ccccc12. The van der Waals surface area contributed by atoms with E-state index >= 15 is 0 Å². The minimum absolute atomic E-state index is 0.171. The van der Waals surface area contributed by atoms with Crippen LogP contribution in [0.15, 0.2) is 83.7 Å². The van der Waals surface area contributed by atoms with Crippen LogP contribution >= 0.6 is 0 Å². The van der Waals surface area contributed by atoms with Crippen molar-refractivity contribution in [3.63, 3.8) is 0 Å². The summed E-state index contributed by atoms with van der Waals surface area (Å²) in [5.41, 5.74) is 1.74. The van der Waals surface area contributed by atoms with Crippen LogP contribution in [0.2, 0.25) is 0 Å². The Hall–Kier alpha value is -3.93. The molecule has 0 spiro atoms. The molecule has 4 aromatic rings. The zero-order valence-electron chi connectivity index (χ0n) is 16.8. The summed E-state index contributed by atoms with van der Waals surface area (Å²) in [5, 5.41) is 8.43. The van der Waals surface area contributed by atoms with E-state index in [1.807, 2.05) is 42.5 Å². The summed E-state index contributed by atoms with van der Waals surface area (Å²) in [6.45, 7) is 1.02. The van der Waals surface area contributed by atoms with Gasteiger partial charge in [-0.25, -0.2) is 0 Å². The molecular formula is C25H21N3O3. The molecule has 31 heavy (non-hydrogen) atoms. The molecule has 1 atom stereocenters. The number of carbonyl (C=O) groups excluding carboxylic acids is 1. The first-order valence-electron chi connectivity index (χ1n) is 10.3. The van der Waals surface area contributed by atoms with E-state index in [1.165, 1.54) is 4.68 Å². The number of fused-ring (bicyclic) bond motifs is 2. The second-order valence-electron chi connectivity index (χ2n) is 7.65. The van der Waals surface area contributed by atoms with E-state index < -0.39 is 0 Å². The molecule has 0 bridgehead atoms. The van der Waals surface area contributed by atoms with Gasteiger partial charge in [0.05, 0.1) is 17.7 Å². The van der Waals surface area contributed by atoms with Gasteiger partial charge in [0.15, 0.2) is 5.69 Å². The predicted octanol–water partition coefficient (Wildman–Crippen LogP) is 3.37. The van der Waals surface area contributed by atoms with Crippen molar-refractivity contribution in [1.82, 2.24) is 15.1 Å². The number of rotatable bonds is 4. The molecule has 0 aliphatic carbocycles. The highest BCUT2D eigenvalue weighted by molar-refractivity contribution is 6.04. The van der Waals surface area contributed by atoms with Gasteiger partial charge in [0.1, 0.15) is 5.75 Å². The summed E-state index contributed by atoms with van der Waals surface area (Å²) in [6.07, 6.45) is 0.841. The first-order valence-corrected chi connectivity index (χ1v) is 10.3. The van der Waals surface area contributed by atoms with Crippen LogP contribution in [0.25, 0.3) is 16.5 Å². The first kappa shape index (κ1) is 19.1. The lowest BCUT2D eigenvalue weighted by atomic mass is 9.96. The molecule has 2 heterocycles. The smallest absolute Gasteiger partial charge is 0.279 e.